The summed E-state index contributed by atoms with van der Waals surface area (Å²) in [5.74, 6) is 6.49. The summed E-state index contributed by atoms with van der Waals surface area (Å²) in [5.41, 5.74) is 4.58. The lowest BCUT2D eigenvalue weighted by Crippen LogP contribution is -2.14. The minimum absolute atomic E-state index is 1.04. The molecule has 1 aliphatic rings. The second kappa shape index (κ2) is 5.87. The predicted molar refractivity (Wildman–Crippen MR) is 97.5 cm³/mol. The van der Waals surface area contributed by atoms with Crippen LogP contribution in [0, 0.1) is 11.8 Å². The summed E-state index contributed by atoms with van der Waals surface area (Å²) in [4.78, 5) is 4.79. The fraction of sp³-hybridized carbons (Fsp3) is 0.0476. The van der Waals surface area contributed by atoms with Gasteiger partial charge in [-0.25, -0.2) is 0 Å². The van der Waals surface area contributed by atoms with E-state index in [2.05, 4.69) is 66.3 Å². The Labute approximate surface area is 141 Å². The first-order valence-corrected chi connectivity index (χ1v) is 8.35. The highest BCUT2D eigenvalue weighted by Gasteiger charge is 2.19. The molecule has 0 amide bonds. The van der Waals surface area contributed by atoms with Gasteiger partial charge in [-0.05, 0) is 42.5 Å². The summed E-state index contributed by atoms with van der Waals surface area (Å²) in [6, 6.07) is 25.0. The van der Waals surface area contributed by atoms with Crippen molar-refractivity contribution in [2.24, 2.45) is 0 Å². The van der Waals surface area contributed by atoms with Crippen molar-refractivity contribution < 1.29 is 0 Å². The molecule has 3 aromatic carbocycles. The van der Waals surface area contributed by atoms with E-state index < -0.39 is 0 Å². The summed E-state index contributed by atoms with van der Waals surface area (Å²) in [6.07, 6.45) is 0. The Morgan fingerprint density at radius 1 is 0.696 bits per heavy atom. The maximum Gasteiger partial charge on any atom is 0.0551 e. The highest BCUT2D eigenvalue weighted by atomic mass is 32.2. The van der Waals surface area contributed by atoms with E-state index in [-0.39, 0.29) is 0 Å². The van der Waals surface area contributed by atoms with Gasteiger partial charge in [0.2, 0.25) is 0 Å². The molecule has 1 aliphatic heterocycles. The van der Waals surface area contributed by atoms with E-state index >= 15 is 0 Å². The lowest BCUT2D eigenvalue weighted by atomic mass is 10.1. The molecule has 0 saturated carbocycles. The predicted octanol–water partition coefficient (Wildman–Crippen LogP) is 5.32. The van der Waals surface area contributed by atoms with Crippen LogP contribution < -0.4 is 4.90 Å². The number of hydrogen-bond donors (Lipinski definition) is 0. The van der Waals surface area contributed by atoms with Crippen molar-refractivity contribution in [3.63, 3.8) is 0 Å². The van der Waals surface area contributed by atoms with E-state index in [4.69, 9.17) is 0 Å². The first kappa shape index (κ1) is 14.0. The van der Waals surface area contributed by atoms with Gasteiger partial charge in [0.05, 0.1) is 11.4 Å². The molecule has 0 aromatic heterocycles. The fourth-order valence-corrected chi connectivity index (χ4v) is 3.87. The normalized spacial score (nSPS) is 12.0. The number of rotatable bonds is 0. The van der Waals surface area contributed by atoms with Gasteiger partial charge < -0.3 is 4.90 Å². The Balaban J connectivity index is 1.70. The van der Waals surface area contributed by atoms with Crippen LogP contribution in [0.1, 0.15) is 11.1 Å². The van der Waals surface area contributed by atoms with Crippen LogP contribution in [0.5, 0.6) is 0 Å². The summed E-state index contributed by atoms with van der Waals surface area (Å²) in [6.45, 7) is 0. The van der Waals surface area contributed by atoms with E-state index in [1.807, 2.05) is 42.1 Å². The Kier molecular flexibility index (Phi) is 3.57. The standard InChI is InChI=1S/C21H15NS/c1-22-18-9-5-6-10-20(18)23-21-15-17(13-14-19(21)22)12-11-16-7-3-2-4-8-16/h2-10,13-15H,1H3. The number of fused-ring (bicyclic) bond motifs is 2. The number of nitrogens with zero attached hydrogens (tertiary/aromatic N) is 1. The van der Waals surface area contributed by atoms with Crippen LogP contribution in [0.4, 0.5) is 11.4 Å². The van der Waals surface area contributed by atoms with Gasteiger partial charge in [0.25, 0.3) is 0 Å². The second-order valence-electron chi connectivity index (χ2n) is 5.43. The monoisotopic (exact) mass is 313 g/mol. The molecule has 23 heavy (non-hydrogen) atoms. The molecule has 0 bridgehead atoms. The zero-order valence-corrected chi connectivity index (χ0v) is 13.6. The third-order valence-electron chi connectivity index (χ3n) is 3.89. The third kappa shape index (κ3) is 2.72. The van der Waals surface area contributed by atoms with E-state index in [1.54, 1.807) is 0 Å². The molecule has 110 valence electrons. The lowest BCUT2D eigenvalue weighted by Gasteiger charge is -2.29. The molecule has 0 fully saturated rings. The van der Waals surface area contributed by atoms with Gasteiger partial charge in [-0.15, -0.1) is 0 Å². The average Bonchev–Trinajstić information content (AvgIpc) is 2.61. The third-order valence-corrected chi connectivity index (χ3v) is 5.00. The van der Waals surface area contributed by atoms with Crippen LogP contribution in [0.2, 0.25) is 0 Å². The van der Waals surface area contributed by atoms with Crippen molar-refractivity contribution in [3.05, 3.63) is 83.9 Å². The van der Waals surface area contributed by atoms with Crippen molar-refractivity contribution in [2.45, 2.75) is 9.79 Å². The fourth-order valence-electron chi connectivity index (χ4n) is 2.69. The maximum atomic E-state index is 3.27. The molecule has 1 nitrogen and oxygen atoms in total. The highest BCUT2D eigenvalue weighted by Crippen LogP contribution is 2.47. The van der Waals surface area contributed by atoms with Gasteiger partial charge >= 0.3 is 0 Å². The summed E-state index contributed by atoms with van der Waals surface area (Å²) < 4.78 is 0. The molecule has 0 atom stereocenters. The van der Waals surface area contributed by atoms with Gasteiger partial charge in [0.1, 0.15) is 0 Å². The van der Waals surface area contributed by atoms with Crippen molar-refractivity contribution in [2.75, 3.05) is 11.9 Å². The quantitative estimate of drug-likeness (QED) is 0.517. The Morgan fingerprint density at radius 2 is 1.39 bits per heavy atom. The molecular formula is C21H15NS. The molecule has 3 aromatic rings. The molecule has 0 radical (unpaired) electrons. The number of anilines is 2. The second-order valence-corrected chi connectivity index (χ2v) is 6.51. The topological polar surface area (TPSA) is 3.24 Å². The van der Waals surface area contributed by atoms with E-state index in [9.17, 15) is 0 Å². The van der Waals surface area contributed by atoms with E-state index in [1.165, 1.54) is 21.2 Å². The average molecular weight is 313 g/mol. The Bertz CT molecular complexity index is 919. The van der Waals surface area contributed by atoms with E-state index in [0.717, 1.165) is 11.1 Å². The lowest BCUT2D eigenvalue weighted by molar-refractivity contribution is 1.11. The van der Waals surface area contributed by atoms with Crippen LogP contribution in [0.15, 0.2) is 82.6 Å². The number of para-hydroxylation sites is 1. The molecule has 2 heteroatoms. The molecule has 0 unspecified atom stereocenters. The molecule has 0 aliphatic carbocycles. The summed E-state index contributed by atoms with van der Waals surface area (Å²) in [5, 5.41) is 0. The van der Waals surface area contributed by atoms with E-state index in [0.29, 0.717) is 0 Å². The van der Waals surface area contributed by atoms with Crippen molar-refractivity contribution in [1.82, 2.24) is 0 Å². The minimum Gasteiger partial charge on any atom is -0.343 e. The molecule has 0 N–H and O–H groups in total. The zero-order chi connectivity index (χ0) is 15.6. The molecular weight excluding hydrogens is 298 g/mol. The van der Waals surface area contributed by atoms with Crippen LogP contribution >= 0.6 is 11.8 Å². The SMILES string of the molecule is CN1c2ccccc2Sc2cc(C#Cc3ccccc3)ccc21. The van der Waals surface area contributed by atoms with Gasteiger partial charge in [-0.2, -0.15) is 0 Å². The first-order chi connectivity index (χ1) is 11.3. The first-order valence-electron chi connectivity index (χ1n) is 7.53. The molecule has 0 spiro atoms. The van der Waals surface area contributed by atoms with Crippen LogP contribution in [0.25, 0.3) is 0 Å². The zero-order valence-electron chi connectivity index (χ0n) is 12.8. The van der Waals surface area contributed by atoms with Crippen LogP contribution in [0.3, 0.4) is 0 Å². The van der Waals surface area contributed by atoms with Gasteiger partial charge in [0, 0.05) is 28.0 Å². The minimum atomic E-state index is 1.04. The summed E-state index contributed by atoms with van der Waals surface area (Å²) >= 11 is 1.81. The van der Waals surface area contributed by atoms with Gasteiger partial charge in [0.15, 0.2) is 0 Å². The van der Waals surface area contributed by atoms with Crippen molar-refractivity contribution in [3.8, 4) is 11.8 Å². The van der Waals surface area contributed by atoms with Gasteiger partial charge in [-0.3, -0.25) is 0 Å². The number of benzene rings is 3. The largest absolute Gasteiger partial charge is 0.343 e. The molecule has 0 saturated heterocycles. The summed E-state index contributed by atoms with van der Waals surface area (Å²) in [7, 11) is 2.12. The molecule has 4 rings (SSSR count). The van der Waals surface area contributed by atoms with Crippen molar-refractivity contribution >= 4 is 23.1 Å². The Morgan fingerprint density at radius 3 is 2.26 bits per heavy atom. The Hall–Kier alpha value is -2.63. The van der Waals surface area contributed by atoms with Crippen LogP contribution in [-0.4, -0.2) is 7.05 Å². The van der Waals surface area contributed by atoms with Crippen LogP contribution in [-0.2, 0) is 0 Å². The van der Waals surface area contributed by atoms with Gasteiger partial charge in [-0.1, -0.05) is 53.9 Å². The molecule has 1 heterocycles. The van der Waals surface area contributed by atoms with Crippen molar-refractivity contribution in [1.29, 1.82) is 0 Å². The number of hydrogen-bond acceptors (Lipinski definition) is 2. The maximum absolute atomic E-state index is 3.27. The smallest absolute Gasteiger partial charge is 0.0551 e. The highest BCUT2D eigenvalue weighted by molar-refractivity contribution is 7.99.